The Morgan fingerprint density at radius 1 is 0.643 bits per heavy atom. The normalized spacial score (nSPS) is 11.4. The van der Waals surface area contributed by atoms with Gasteiger partial charge >= 0.3 is 11.9 Å². The Morgan fingerprint density at radius 3 is 1.47 bits per heavy atom. The van der Waals surface area contributed by atoms with Crippen molar-refractivity contribution in [3.05, 3.63) is 128 Å². The maximum absolute atomic E-state index is 12.6. The molecule has 6 rings (SSSR count). The molecule has 2 atom stereocenters. The van der Waals surface area contributed by atoms with Crippen molar-refractivity contribution in [2.75, 3.05) is 23.7 Å². The van der Waals surface area contributed by atoms with E-state index in [1.807, 2.05) is 27.7 Å². The maximum Gasteiger partial charge on any atom is 0.307 e. The number of benzene rings is 4. The fraction of sp³-hybridized carbons (Fsp3) is 0.286. The molecule has 7 N–H and O–H groups in total. The molecule has 0 aliphatic rings. The zero-order chi connectivity index (χ0) is 50.9. The van der Waals surface area contributed by atoms with Gasteiger partial charge in [-0.2, -0.15) is 0 Å². The van der Waals surface area contributed by atoms with Gasteiger partial charge in [-0.3, -0.25) is 24.0 Å². The van der Waals surface area contributed by atoms with Crippen LogP contribution in [0.4, 0.5) is 11.4 Å². The summed E-state index contributed by atoms with van der Waals surface area (Å²) in [6.07, 6.45) is 0.655. The minimum Gasteiger partial charge on any atom is -0.489 e. The number of halogens is 4. The highest BCUT2D eigenvalue weighted by molar-refractivity contribution is 6.35. The molecule has 374 valence electrons. The maximum atomic E-state index is 12.6. The second-order valence-corrected chi connectivity index (χ2v) is 17.3. The van der Waals surface area contributed by atoms with E-state index in [4.69, 9.17) is 80.9 Å². The van der Waals surface area contributed by atoms with Crippen molar-refractivity contribution in [2.24, 2.45) is 17.6 Å². The first-order valence-corrected chi connectivity index (χ1v) is 22.6. The van der Waals surface area contributed by atoms with E-state index in [9.17, 15) is 24.0 Å². The number of ether oxygens (including phenoxy) is 2. The van der Waals surface area contributed by atoms with Crippen LogP contribution in [-0.2, 0) is 16.1 Å². The lowest BCUT2D eigenvalue weighted by Crippen LogP contribution is -2.25. The van der Waals surface area contributed by atoms with Crippen LogP contribution in [0.3, 0.4) is 0 Å². The molecule has 0 bridgehead atoms. The summed E-state index contributed by atoms with van der Waals surface area (Å²) < 4.78 is 21.8. The Hall–Kier alpha value is -6.47. The molecule has 17 nitrogen and oxygen atoms in total. The molecular formula is C49H54Cl4N6O11. The van der Waals surface area contributed by atoms with E-state index in [1.165, 1.54) is 24.3 Å². The number of carbonyl (C=O) groups excluding carboxylic acids is 3. The average Bonchev–Trinajstić information content (AvgIpc) is 4.01. The van der Waals surface area contributed by atoms with E-state index in [-0.39, 0.29) is 42.6 Å². The van der Waals surface area contributed by atoms with Crippen LogP contribution in [0.15, 0.2) is 94.0 Å². The molecule has 2 heterocycles. The molecular weight excluding hydrogens is 990 g/mol. The lowest BCUT2D eigenvalue weighted by molar-refractivity contribution is -0.141. The van der Waals surface area contributed by atoms with Crippen LogP contribution in [-0.4, -0.2) is 75.9 Å². The zero-order valence-corrected chi connectivity index (χ0v) is 41.2. The van der Waals surface area contributed by atoms with Crippen LogP contribution in [0.5, 0.6) is 11.5 Å². The van der Waals surface area contributed by atoms with Crippen molar-refractivity contribution in [3.63, 3.8) is 0 Å². The number of hydrogen-bond acceptors (Lipinski definition) is 13. The third kappa shape index (κ3) is 17.5. The largest absolute Gasteiger partial charge is 0.489 e. The zero-order valence-electron chi connectivity index (χ0n) is 38.1. The Bertz CT molecular complexity index is 2740. The number of carbonyl (C=O) groups is 5. The first-order valence-electron chi connectivity index (χ1n) is 21.1. The summed E-state index contributed by atoms with van der Waals surface area (Å²) in [6, 6.07) is 23.1. The molecule has 2 unspecified atom stereocenters. The molecule has 0 saturated carbocycles. The van der Waals surface area contributed by atoms with Crippen LogP contribution in [0.25, 0.3) is 22.6 Å². The number of nitrogens with two attached hydrogens (primary N) is 1. The van der Waals surface area contributed by atoms with Gasteiger partial charge in [-0.05, 0) is 100.0 Å². The van der Waals surface area contributed by atoms with Crippen molar-refractivity contribution in [1.29, 1.82) is 0 Å². The quantitative estimate of drug-likeness (QED) is 0.0437. The van der Waals surface area contributed by atoms with Crippen molar-refractivity contribution >= 4 is 87.8 Å². The summed E-state index contributed by atoms with van der Waals surface area (Å²) in [7, 11) is 0. The minimum absolute atomic E-state index is 0. The molecule has 0 aliphatic carbocycles. The SMILES string of the molecule is C.CC(C)Oc1ccc(-c2cc(C(=O)Nc3ccc(C=O)cc3Cl)no2)cc1Cl.CC(C)Oc1ccc(-c2cc(C(=O)Nc3ccc(CNCC(C)C(=O)O)cc3Cl)no2)cc1Cl.CC(CN)C(=O)O. The highest BCUT2D eigenvalue weighted by Crippen LogP contribution is 2.33. The third-order valence-electron chi connectivity index (χ3n) is 9.28. The number of amides is 2. The number of aliphatic carboxylic acids is 2. The van der Waals surface area contributed by atoms with Gasteiger partial charge in [0.25, 0.3) is 11.8 Å². The van der Waals surface area contributed by atoms with Crippen LogP contribution >= 0.6 is 46.4 Å². The fourth-order valence-corrected chi connectivity index (χ4v) is 6.45. The van der Waals surface area contributed by atoms with Crippen LogP contribution in [0, 0.1) is 11.8 Å². The Balaban J connectivity index is 0.000000326. The molecule has 0 aliphatic heterocycles. The van der Waals surface area contributed by atoms with E-state index in [0.29, 0.717) is 85.5 Å². The third-order valence-corrected chi connectivity index (χ3v) is 10.5. The van der Waals surface area contributed by atoms with Gasteiger partial charge in [0.05, 0.1) is 55.5 Å². The van der Waals surface area contributed by atoms with E-state index in [1.54, 1.807) is 74.5 Å². The Morgan fingerprint density at radius 2 is 1.10 bits per heavy atom. The number of hydrogen-bond donors (Lipinski definition) is 6. The van der Waals surface area contributed by atoms with E-state index >= 15 is 0 Å². The van der Waals surface area contributed by atoms with Crippen molar-refractivity contribution in [1.82, 2.24) is 15.6 Å². The van der Waals surface area contributed by atoms with Crippen LogP contribution in [0.2, 0.25) is 20.1 Å². The number of nitrogens with zero attached hydrogens (tertiary/aromatic N) is 2. The van der Waals surface area contributed by atoms with Gasteiger partial charge in [-0.25, -0.2) is 0 Å². The smallest absolute Gasteiger partial charge is 0.307 e. The lowest BCUT2D eigenvalue weighted by atomic mass is 10.1. The Kier molecular flexibility index (Phi) is 22.8. The van der Waals surface area contributed by atoms with Crippen LogP contribution in [0.1, 0.15) is 85.9 Å². The second-order valence-electron chi connectivity index (χ2n) is 15.7. The first-order chi connectivity index (χ1) is 32.7. The molecule has 2 amide bonds. The second kappa shape index (κ2) is 27.7. The van der Waals surface area contributed by atoms with Gasteiger partial charge in [0, 0.05) is 48.5 Å². The van der Waals surface area contributed by atoms with Gasteiger partial charge in [0.2, 0.25) is 0 Å². The summed E-state index contributed by atoms with van der Waals surface area (Å²) in [4.78, 5) is 56.5. The number of anilines is 2. The number of rotatable bonds is 18. The molecule has 0 radical (unpaired) electrons. The van der Waals surface area contributed by atoms with Gasteiger partial charge in [0.15, 0.2) is 22.9 Å². The highest BCUT2D eigenvalue weighted by Gasteiger charge is 2.19. The predicted octanol–water partition coefficient (Wildman–Crippen LogP) is 11.3. The van der Waals surface area contributed by atoms with E-state index in [2.05, 4.69) is 26.3 Å². The Labute approximate surface area is 424 Å². The van der Waals surface area contributed by atoms with E-state index in [0.717, 1.165) is 5.56 Å². The standard InChI is InChI=1S/C24H25Cl2N3O5.C20H16Cl2N2O4.C4H9NO2.CH4/c1-13(2)33-21-7-5-16(9-18(21)26)22-10-20(29-34-22)23(30)28-19-6-4-15(8-17(19)25)12-27-11-14(3)24(31)32;1-11(2)27-18-6-4-13(8-15(18)22)19-9-17(24-28-19)20(26)23-16-5-3-12(10-25)7-14(16)21;1-3(2-5)4(6)7;/h4-10,13-14,27H,11-12H2,1-3H3,(H,28,30)(H,31,32);3-11H,1-2H3,(H,23,26);3H,2,5H2,1H3,(H,6,7);1H4. The summed E-state index contributed by atoms with van der Waals surface area (Å²) in [5.74, 6) is -1.69. The minimum atomic E-state index is -0.861. The summed E-state index contributed by atoms with van der Waals surface area (Å²) in [5.41, 5.74) is 8.49. The van der Waals surface area contributed by atoms with Gasteiger partial charge in [-0.15, -0.1) is 0 Å². The molecule has 6 aromatic rings. The number of aromatic nitrogens is 2. The van der Waals surface area contributed by atoms with Crippen LogP contribution < -0.4 is 31.2 Å². The number of carboxylic acids is 2. The highest BCUT2D eigenvalue weighted by atomic mass is 35.5. The lowest BCUT2D eigenvalue weighted by Gasteiger charge is -2.11. The average molecular weight is 1040 g/mol. The van der Waals surface area contributed by atoms with Crippen molar-refractivity contribution < 1.29 is 52.7 Å². The first kappa shape index (κ1) is 57.8. The summed E-state index contributed by atoms with van der Waals surface area (Å²) in [5, 5.41) is 34.5. The van der Waals surface area contributed by atoms with E-state index < -0.39 is 35.6 Å². The van der Waals surface area contributed by atoms with Crippen molar-refractivity contribution in [2.45, 2.75) is 67.7 Å². The molecule has 0 spiro atoms. The molecule has 70 heavy (non-hydrogen) atoms. The molecule has 21 heteroatoms. The number of aldehydes is 1. The van der Waals surface area contributed by atoms with Crippen molar-refractivity contribution in [3.8, 4) is 34.1 Å². The molecule has 2 aromatic heterocycles. The summed E-state index contributed by atoms with van der Waals surface area (Å²) in [6.45, 7) is 11.8. The van der Waals surface area contributed by atoms with Gasteiger partial charge in [0.1, 0.15) is 17.8 Å². The number of carboxylic acid groups (broad SMARTS) is 2. The predicted molar refractivity (Wildman–Crippen MR) is 271 cm³/mol. The fourth-order valence-electron chi connectivity index (χ4n) is 5.51. The van der Waals surface area contributed by atoms with Gasteiger partial charge < -0.3 is 50.4 Å². The van der Waals surface area contributed by atoms with Gasteiger partial charge in [-0.1, -0.05) is 84.1 Å². The number of nitrogens with one attached hydrogen (secondary N) is 3. The topological polar surface area (TPSA) is 258 Å². The summed E-state index contributed by atoms with van der Waals surface area (Å²) >= 11 is 24.9. The molecule has 0 saturated heterocycles. The monoisotopic (exact) mass is 1040 g/mol. The molecule has 4 aromatic carbocycles. The molecule has 0 fully saturated rings.